The van der Waals surface area contributed by atoms with Crippen LogP contribution >= 0.6 is 0 Å². The summed E-state index contributed by atoms with van der Waals surface area (Å²) in [6, 6.07) is 21.1. The fraction of sp³-hybridized carbons (Fsp3) is 0.267. The third-order valence-electron chi connectivity index (χ3n) is 7.07. The summed E-state index contributed by atoms with van der Waals surface area (Å²) in [5.41, 5.74) is 2.81. The van der Waals surface area contributed by atoms with Gasteiger partial charge in [0.2, 0.25) is 0 Å². The highest BCUT2D eigenvalue weighted by atomic mass is 16.5. The number of rotatable bonds is 6. The summed E-state index contributed by atoms with van der Waals surface area (Å²) in [7, 11) is 3.02. The van der Waals surface area contributed by atoms with Gasteiger partial charge in [0.25, 0.3) is 11.7 Å². The van der Waals surface area contributed by atoms with E-state index in [-0.39, 0.29) is 11.3 Å². The van der Waals surface area contributed by atoms with Gasteiger partial charge < -0.3 is 19.5 Å². The minimum absolute atomic E-state index is 0.0310. The number of amides is 1. The number of nitrogens with zero attached hydrogens (tertiary/aromatic N) is 2. The summed E-state index contributed by atoms with van der Waals surface area (Å²) in [5, 5.41) is 11.4. The monoisotopic (exact) mass is 498 g/mol. The molecule has 1 N–H and O–H groups in total. The SMILES string of the molecule is COc1ccc(/C(O)=C2/C(=O)C(=O)N(c3ccc(N4CCCCC4)cc3)C2c2ccccc2)cc1OC. The first-order valence-electron chi connectivity index (χ1n) is 12.5. The second-order valence-corrected chi connectivity index (χ2v) is 9.21. The number of ketones is 1. The first-order chi connectivity index (χ1) is 18.0. The minimum atomic E-state index is -0.782. The lowest BCUT2D eigenvalue weighted by Gasteiger charge is -2.30. The quantitative estimate of drug-likeness (QED) is 0.282. The summed E-state index contributed by atoms with van der Waals surface area (Å²) >= 11 is 0. The lowest BCUT2D eigenvalue weighted by atomic mass is 9.95. The Morgan fingerprint density at radius 1 is 0.811 bits per heavy atom. The van der Waals surface area contributed by atoms with E-state index in [9.17, 15) is 14.7 Å². The lowest BCUT2D eigenvalue weighted by Crippen LogP contribution is -2.30. The van der Waals surface area contributed by atoms with Crippen LogP contribution in [0.2, 0.25) is 0 Å². The number of hydrogen-bond acceptors (Lipinski definition) is 6. The number of Topliss-reactive ketones (excluding diaryl/α,β-unsaturated/α-hetero) is 1. The Kier molecular flexibility index (Phi) is 6.86. The van der Waals surface area contributed by atoms with Crippen molar-refractivity contribution in [2.45, 2.75) is 25.3 Å². The number of carbonyl (C=O) groups excluding carboxylic acids is 2. The number of benzene rings is 3. The average molecular weight is 499 g/mol. The Hall–Kier alpha value is -4.26. The molecule has 2 saturated heterocycles. The molecule has 7 heteroatoms. The molecule has 3 aromatic carbocycles. The topological polar surface area (TPSA) is 79.3 Å². The van der Waals surface area contributed by atoms with Gasteiger partial charge in [0, 0.05) is 30.0 Å². The van der Waals surface area contributed by atoms with Crippen molar-refractivity contribution in [3.8, 4) is 11.5 Å². The first kappa shape index (κ1) is 24.4. The number of anilines is 2. The Balaban J connectivity index is 1.60. The van der Waals surface area contributed by atoms with Crippen molar-refractivity contribution in [3.05, 3.63) is 89.5 Å². The highest BCUT2D eigenvalue weighted by Gasteiger charge is 2.47. The molecule has 0 saturated carbocycles. The predicted molar refractivity (Wildman–Crippen MR) is 143 cm³/mol. The zero-order chi connectivity index (χ0) is 25.9. The number of hydrogen-bond donors (Lipinski definition) is 1. The highest BCUT2D eigenvalue weighted by molar-refractivity contribution is 6.51. The van der Waals surface area contributed by atoms with Crippen molar-refractivity contribution < 1.29 is 24.2 Å². The molecule has 2 aliphatic rings. The van der Waals surface area contributed by atoms with Crippen molar-refractivity contribution in [3.63, 3.8) is 0 Å². The molecule has 1 unspecified atom stereocenters. The van der Waals surface area contributed by atoms with Gasteiger partial charge in [-0.2, -0.15) is 0 Å². The number of carbonyl (C=O) groups is 2. The van der Waals surface area contributed by atoms with Crippen LogP contribution in [0.3, 0.4) is 0 Å². The van der Waals surface area contributed by atoms with E-state index in [0.717, 1.165) is 24.3 Å². The number of methoxy groups -OCH3 is 2. The molecule has 3 aromatic rings. The van der Waals surface area contributed by atoms with Crippen LogP contribution in [0.5, 0.6) is 11.5 Å². The van der Waals surface area contributed by atoms with E-state index in [2.05, 4.69) is 4.90 Å². The van der Waals surface area contributed by atoms with Gasteiger partial charge in [-0.1, -0.05) is 30.3 Å². The third-order valence-corrected chi connectivity index (χ3v) is 7.07. The number of aliphatic hydroxyl groups excluding tert-OH is 1. The van der Waals surface area contributed by atoms with Crippen molar-refractivity contribution >= 4 is 28.8 Å². The van der Waals surface area contributed by atoms with Crippen LogP contribution in [-0.4, -0.2) is 44.1 Å². The van der Waals surface area contributed by atoms with Crippen LogP contribution in [-0.2, 0) is 9.59 Å². The smallest absolute Gasteiger partial charge is 0.300 e. The van der Waals surface area contributed by atoms with E-state index in [4.69, 9.17) is 9.47 Å². The van der Waals surface area contributed by atoms with Crippen LogP contribution in [0.15, 0.2) is 78.4 Å². The van der Waals surface area contributed by atoms with Gasteiger partial charge in [0.05, 0.1) is 25.8 Å². The molecular weight excluding hydrogens is 468 g/mol. The molecule has 37 heavy (non-hydrogen) atoms. The van der Waals surface area contributed by atoms with Crippen LogP contribution in [0.25, 0.3) is 5.76 Å². The number of aliphatic hydroxyl groups is 1. The molecule has 1 atom stereocenters. The summed E-state index contributed by atoms with van der Waals surface area (Å²) in [6.45, 7) is 2.03. The van der Waals surface area contributed by atoms with E-state index in [1.807, 2.05) is 54.6 Å². The molecule has 0 bridgehead atoms. The first-order valence-corrected chi connectivity index (χ1v) is 12.5. The van der Waals surface area contributed by atoms with Gasteiger partial charge in [-0.15, -0.1) is 0 Å². The molecule has 0 spiro atoms. The maximum absolute atomic E-state index is 13.4. The standard InChI is InChI=1S/C30H30N2O5/c1-36-24-16-11-21(19-25(24)37-2)28(33)26-27(20-9-5-3-6-10-20)32(30(35)29(26)34)23-14-12-22(13-15-23)31-17-7-4-8-18-31/h3,5-6,9-16,19,27,33H,4,7-8,17-18H2,1-2H3/b28-26-. The van der Waals surface area contributed by atoms with Crippen molar-refractivity contribution in [1.29, 1.82) is 0 Å². The van der Waals surface area contributed by atoms with Gasteiger partial charge in [-0.25, -0.2) is 0 Å². The van der Waals surface area contributed by atoms with Gasteiger partial charge in [-0.05, 0) is 67.3 Å². The molecule has 0 radical (unpaired) electrons. The summed E-state index contributed by atoms with van der Waals surface area (Å²) in [4.78, 5) is 30.6. The largest absolute Gasteiger partial charge is 0.507 e. The molecule has 0 aliphatic carbocycles. The molecule has 0 aromatic heterocycles. The summed E-state index contributed by atoms with van der Waals surface area (Å²) in [6.07, 6.45) is 3.58. The van der Waals surface area contributed by atoms with E-state index in [1.165, 1.54) is 38.4 Å². The minimum Gasteiger partial charge on any atom is -0.507 e. The van der Waals surface area contributed by atoms with Crippen LogP contribution in [0.4, 0.5) is 11.4 Å². The maximum atomic E-state index is 13.4. The van der Waals surface area contributed by atoms with Crippen LogP contribution in [0, 0.1) is 0 Å². The van der Waals surface area contributed by atoms with Gasteiger partial charge in [0.1, 0.15) is 5.76 Å². The van der Waals surface area contributed by atoms with Gasteiger partial charge in [0.15, 0.2) is 11.5 Å². The van der Waals surface area contributed by atoms with Crippen LogP contribution < -0.4 is 19.3 Å². The highest BCUT2D eigenvalue weighted by Crippen LogP contribution is 2.43. The van der Waals surface area contributed by atoms with Crippen LogP contribution in [0.1, 0.15) is 36.4 Å². The number of ether oxygens (including phenoxy) is 2. The van der Waals surface area contributed by atoms with Crippen molar-refractivity contribution in [2.24, 2.45) is 0 Å². The van der Waals surface area contributed by atoms with Crippen molar-refractivity contribution in [2.75, 3.05) is 37.1 Å². The summed E-state index contributed by atoms with van der Waals surface area (Å²) in [5.74, 6) is -0.776. The number of piperidine rings is 1. The van der Waals surface area contributed by atoms with E-state index >= 15 is 0 Å². The van der Waals surface area contributed by atoms with Gasteiger partial charge in [-0.3, -0.25) is 14.5 Å². The normalized spacial score (nSPS) is 19.2. The van der Waals surface area contributed by atoms with E-state index in [1.54, 1.807) is 18.2 Å². The molecule has 1 amide bonds. The fourth-order valence-electron chi connectivity index (χ4n) is 5.16. The molecule has 7 nitrogen and oxygen atoms in total. The Morgan fingerprint density at radius 3 is 2.11 bits per heavy atom. The molecule has 5 rings (SSSR count). The third kappa shape index (κ3) is 4.53. The summed E-state index contributed by atoms with van der Waals surface area (Å²) < 4.78 is 10.7. The molecule has 190 valence electrons. The Labute approximate surface area is 216 Å². The molecular formula is C30H30N2O5. The average Bonchev–Trinajstić information content (AvgIpc) is 3.23. The van der Waals surface area contributed by atoms with E-state index in [0.29, 0.717) is 22.7 Å². The second kappa shape index (κ2) is 10.4. The zero-order valence-electron chi connectivity index (χ0n) is 21.0. The molecule has 2 heterocycles. The lowest BCUT2D eigenvalue weighted by molar-refractivity contribution is -0.132. The molecule has 2 fully saturated rings. The Morgan fingerprint density at radius 2 is 1.46 bits per heavy atom. The molecule has 2 aliphatic heterocycles. The predicted octanol–water partition coefficient (Wildman–Crippen LogP) is 5.32. The van der Waals surface area contributed by atoms with E-state index < -0.39 is 17.7 Å². The zero-order valence-corrected chi connectivity index (χ0v) is 21.0. The second-order valence-electron chi connectivity index (χ2n) is 9.21. The maximum Gasteiger partial charge on any atom is 0.300 e. The van der Waals surface area contributed by atoms with Gasteiger partial charge >= 0.3 is 0 Å². The fourth-order valence-corrected chi connectivity index (χ4v) is 5.16. The Bertz CT molecular complexity index is 1330. The van der Waals surface area contributed by atoms with Crippen molar-refractivity contribution in [1.82, 2.24) is 0 Å².